The maximum absolute atomic E-state index is 11.5. The van der Waals surface area contributed by atoms with Gasteiger partial charge in [0.1, 0.15) is 11.3 Å². The van der Waals surface area contributed by atoms with Gasteiger partial charge in [-0.05, 0) is 31.7 Å². The van der Waals surface area contributed by atoms with Gasteiger partial charge in [0, 0.05) is 37.7 Å². The quantitative estimate of drug-likeness (QED) is 0.921. The average Bonchev–Trinajstić information content (AvgIpc) is 3.02. The number of carbonyl (C=O) groups is 2. The summed E-state index contributed by atoms with van der Waals surface area (Å²) in [4.78, 5) is 24.7. The summed E-state index contributed by atoms with van der Waals surface area (Å²) in [6.45, 7) is 1.60. The summed E-state index contributed by atoms with van der Waals surface area (Å²) in [5, 5.41) is 14.7. The van der Waals surface area contributed by atoms with E-state index < -0.39 is 5.97 Å². The Labute approximate surface area is 146 Å². The summed E-state index contributed by atoms with van der Waals surface area (Å²) in [5.41, 5.74) is 0.867. The van der Waals surface area contributed by atoms with E-state index in [9.17, 15) is 14.7 Å². The zero-order valence-corrected chi connectivity index (χ0v) is 14.7. The molecule has 1 amide bonds. The highest BCUT2D eigenvalue weighted by atomic mass is 16.5. The number of methoxy groups -OCH3 is 1. The van der Waals surface area contributed by atoms with Crippen LogP contribution in [0.4, 0.5) is 0 Å². The van der Waals surface area contributed by atoms with E-state index in [1.54, 1.807) is 19.1 Å². The van der Waals surface area contributed by atoms with Crippen LogP contribution in [0.25, 0.3) is 10.9 Å². The fraction of sp³-hybridized carbons (Fsp3) is 0.500. The van der Waals surface area contributed by atoms with Crippen LogP contribution in [0.2, 0.25) is 0 Å². The van der Waals surface area contributed by atoms with E-state index in [1.165, 1.54) is 7.11 Å². The van der Waals surface area contributed by atoms with Crippen LogP contribution in [0, 0.1) is 0 Å². The fourth-order valence-corrected chi connectivity index (χ4v) is 3.56. The van der Waals surface area contributed by atoms with Crippen molar-refractivity contribution in [2.75, 3.05) is 14.2 Å². The minimum Gasteiger partial charge on any atom is -0.496 e. The number of ether oxygens (including phenoxy) is 1. The SMILES string of the molecule is COc1cc2nn([C@H]3CC[C@H](N(C)C(C)=O)CC3)cc2cc1C(=O)O. The van der Waals surface area contributed by atoms with Gasteiger partial charge in [-0.3, -0.25) is 9.48 Å². The van der Waals surface area contributed by atoms with Crippen LogP contribution >= 0.6 is 0 Å². The number of aromatic nitrogens is 2. The van der Waals surface area contributed by atoms with Crippen LogP contribution in [-0.2, 0) is 4.79 Å². The zero-order chi connectivity index (χ0) is 18.1. The van der Waals surface area contributed by atoms with Gasteiger partial charge in [-0.2, -0.15) is 5.10 Å². The molecule has 1 heterocycles. The van der Waals surface area contributed by atoms with Crippen molar-refractivity contribution in [2.24, 2.45) is 0 Å². The third-order valence-electron chi connectivity index (χ3n) is 5.16. The Kier molecular flexibility index (Phi) is 4.65. The summed E-state index contributed by atoms with van der Waals surface area (Å²) in [6.07, 6.45) is 5.68. The van der Waals surface area contributed by atoms with E-state index in [4.69, 9.17) is 4.74 Å². The van der Waals surface area contributed by atoms with Gasteiger partial charge in [0.05, 0.1) is 18.7 Å². The molecule has 0 saturated heterocycles. The Morgan fingerprint density at radius 1 is 1.28 bits per heavy atom. The van der Waals surface area contributed by atoms with Crippen LogP contribution in [0.15, 0.2) is 18.3 Å². The average molecular weight is 345 g/mol. The van der Waals surface area contributed by atoms with E-state index in [0.717, 1.165) is 36.6 Å². The maximum atomic E-state index is 11.5. The molecule has 0 radical (unpaired) electrons. The lowest BCUT2D eigenvalue weighted by atomic mass is 9.90. The molecule has 7 nitrogen and oxygen atoms in total. The summed E-state index contributed by atoms with van der Waals surface area (Å²) >= 11 is 0. The number of nitrogens with zero attached hydrogens (tertiary/aromatic N) is 3. The molecule has 0 spiro atoms. The van der Waals surface area contributed by atoms with Crippen LogP contribution in [0.5, 0.6) is 5.75 Å². The molecule has 1 aromatic carbocycles. The number of amides is 1. The normalized spacial score (nSPS) is 20.4. The molecule has 0 atom stereocenters. The van der Waals surface area contributed by atoms with Gasteiger partial charge in [-0.15, -0.1) is 0 Å². The topological polar surface area (TPSA) is 84.7 Å². The van der Waals surface area contributed by atoms with E-state index >= 15 is 0 Å². The van der Waals surface area contributed by atoms with Crippen molar-refractivity contribution in [3.05, 3.63) is 23.9 Å². The van der Waals surface area contributed by atoms with Crippen LogP contribution < -0.4 is 4.74 Å². The second kappa shape index (κ2) is 6.74. The highest BCUT2D eigenvalue weighted by molar-refractivity contribution is 5.96. The number of aromatic carboxylic acids is 1. The molecule has 3 rings (SSSR count). The van der Waals surface area contributed by atoms with Gasteiger partial charge < -0.3 is 14.7 Å². The Bertz CT molecular complexity index is 806. The van der Waals surface area contributed by atoms with Crippen molar-refractivity contribution in [1.29, 1.82) is 0 Å². The first-order chi connectivity index (χ1) is 11.9. The first-order valence-electron chi connectivity index (χ1n) is 8.44. The number of hydrogen-bond acceptors (Lipinski definition) is 4. The first kappa shape index (κ1) is 17.3. The molecule has 0 aliphatic heterocycles. The molecule has 1 aliphatic rings. The number of hydrogen-bond donors (Lipinski definition) is 1. The van der Waals surface area contributed by atoms with Gasteiger partial charge in [0.25, 0.3) is 0 Å². The molecule has 25 heavy (non-hydrogen) atoms. The maximum Gasteiger partial charge on any atom is 0.339 e. The number of benzene rings is 1. The summed E-state index contributed by atoms with van der Waals surface area (Å²) in [5.74, 6) is -0.599. The predicted molar refractivity (Wildman–Crippen MR) is 93.0 cm³/mol. The van der Waals surface area contributed by atoms with Gasteiger partial charge in [0.15, 0.2) is 0 Å². The van der Waals surface area contributed by atoms with Gasteiger partial charge in [-0.25, -0.2) is 4.79 Å². The predicted octanol–water partition coefficient (Wildman–Crippen LogP) is 2.71. The Hall–Kier alpha value is -2.57. The largest absolute Gasteiger partial charge is 0.496 e. The Morgan fingerprint density at radius 2 is 1.96 bits per heavy atom. The highest BCUT2D eigenvalue weighted by Gasteiger charge is 2.27. The van der Waals surface area contributed by atoms with Crippen molar-refractivity contribution < 1.29 is 19.4 Å². The number of carboxylic acids is 1. The zero-order valence-electron chi connectivity index (χ0n) is 14.7. The molecule has 1 aromatic heterocycles. The molecule has 134 valence electrons. The molecule has 7 heteroatoms. The van der Waals surface area contributed by atoms with Crippen LogP contribution in [-0.4, -0.2) is 51.9 Å². The molecule has 1 saturated carbocycles. The standard InChI is InChI=1S/C18H23N3O4/c1-11(22)20(2)13-4-6-14(7-5-13)21-10-12-8-15(18(23)24)17(25-3)9-16(12)19-21/h8-10,13-14H,4-7H2,1-3H3,(H,23,24)/t13-,14-. The van der Waals surface area contributed by atoms with Crippen molar-refractivity contribution in [2.45, 2.75) is 44.7 Å². The van der Waals surface area contributed by atoms with Crippen molar-refractivity contribution >= 4 is 22.8 Å². The van der Waals surface area contributed by atoms with Crippen molar-refractivity contribution in [1.82, 2.24) is 14.7 Å². The third-order valence-corrected chi connectivity index (χ3v) is 5.16. The lowest BCUT2D eigenvalue weighted by Gasteiger charge is -2.34. The second-order valence-corrected chi connectivity index (χ2v) is 6.62. The fourth-order valence-electron chi connectivity index (χ4n) is 3.56. The van der Waals surface area contributed by atoms with E-state index in [-0.39, 0.29) is 23.6 Å². The lowest BCUT2D eigenvalue weighted by Crippen LogP contribution is -2.38. The number of carbonyl (C=O) groups excluding carboxylic acids is 1. The summed E-state index contributed by atoms with van der Waals surface area (Å²) in [7, 11) is 3.31. The van der Waals surface area contributed by atoms with Gasteiger partial charge in [0.2, 0.25) is 5.91 Å². The molecule has 1 aliphatic carbocycles. The number of carboxylic acid groups (broad SMARTS) is 1. The third kappa shape index (κ3) is 3.31. The molecular weight excluding hydrogens is 322 g/mol. The molecular formula is C18H23N3O4. The Morgan fingerprint density at radius 3 is 2.52 bits per heavy atom. The molecule has 1 fully saturated rings. The van der Waals surface area contributed by atoms with Crippen molar-refractivity contribution in [3.63, 3.8) is 0 Å². The highest BCUT2D eigenvalue weighted by Crippen LogP contribution is 2.32. The van der Waals surface area contributed by atoms with E-state index in [1.807, 2.05) is 22.8 Å². The summed E-state index contributed by atoms with van der Waals surface area (Å²) in [6, 6.07) is 3.83. The summed E-state index contributed by atoms with van der Waals surface area (Å²) < 4.78 is 7.10. The second-order valence-electron chi connectivity index (χ2n) is 6.62. The van der Waals surface area contributed by atoms with E-state index in [2.05, 4.69) is 5.10 Å². The Balaban J connectivity index is 1.81. The molecule has 0 unspecified atom stereocenters. The molecule has 1 N–H and O–H groups in total. The van der Waals surface area contributed by atoms with Crippen LogP contribution in [0.1, 0.15) is 49.0 Å². The lowest BCUT2D eigenvalue weighted by molar-refractivity contribution is -0.130. The van der Waals surface area contributed by atoms with Gasteiger partial charge >= 0.3 is 5.97 Å². The molecule has 0 bridgehead atoms. The smallest absolute Gasteiger partial charge is 0.339 e. The van der Waals surface area contributed by atoms with Crippen LogP contribution in [0.3, 0.4) is 0 Å². The van der Waals surface area contributed by atoms with Gasteiger partial charge in [-0.1, -0.05) is 0 Å². The minimum atomic E-state index is -1.01. The minimum absolute atomic E-state index is 0.0987. The number of fused-ring (bicyclic) bond motifs is 1. The molecule has 2 aromatic rings. The number of rotatable bonds is 4. The van der Waals surface area contributed by atoms with E-state index in [0.29, 0.717) is 5.75 Å². The monoisotopic (exact) mass is 345 g/mol. The van der Waals surface area contributed by atoms with Crippen molar-refractivity contribution in [3.8, 4) is 5.75 Å². The first-order valence-corrected chi connectivity index (χ1v) is 8.44.